The van der Waals surface area contributed by atoms with Crippen LogP contribution in [-0.4, -0.2) is 16.9 Å². The van der Waals surface area contributed by atoms with Gasteiger partial charge in [-0.3, -0.25) is 4.79 Å². The van der Waals surface area contributed by atoms with E-state index in [0.29, 0.717) is 16.5 Å². The molecule has 114 valence electrons. The van der Waals surface area contributed by atoms with Crippen LogP contribution in [0.2, 0.25) is 0 Å². The average Bonchev–Trinajstić information content (AvgIpc) is 2.47. The van der Waals surface area contributed by atoms with Crippen molar-refractivity contribution in [3.8, 4) is 0 Å². The molecule has 2 rings (SSSR count). The summed E-state index contributed by atoms with van der Waals surface area (Å²) >= 11 is 5.19. The maximum absolute atomic E-state index is 12.5. The quantitative estimate of drug-likeness (QED) is 0.839. The van der Waals surface area contributed by atoms with Crippen LogP contribution in [0.3, 0.4) is 0 Å². The summed E-state index contributed by atoms with van der Waals surface area (Å²) in [5.74, 6) is 0.310. The first-order chi connectivity index (χ1) is 9.99. The molecule has 1 aliphatic rings. The van der Waals surface area contributed by atoms with E-state index in [-0.39, 0.29) is 11.9 Å². The Labute approximate surface area is 132 Å². The van der Waals surface area contributed by atoms with Crippen molar-refractivity contribution < 1.29 is 4.79 Å². The largest absolute Gasteiger partial charge is 0.392 e. The number of thiocarbonyl (C=S) groups is 1. The molecule has 0 spiro atoms. The van der Waals surface area contributed by atoms with Crippen molar-refractivity contribution in [2.24, 2.45) is 11.7 Å². The topological polar surface area (TPSA) is 55.1 Å². The van der Waals surface area contributed by atoms with E-state index in [1.807, 2.05) is 32.0 Å². The van der Waals surface area contributed by atoms with Gasteiger partial charge in [0.2, 0.25) is 0 Å². The van der Waals surface area contributed by atoms with Gasteiger partial charge in [-0.05, 0) is 44.2 Å². The lowest BCUT2D eigenvalue weighted by molar-refractivity contribution is 0.0931. The first-order valence-electron chi connectivity index (χ1n) is 7.66. The van der Waals surface area contributed by atoms with Crippen molar-refractivity contribution in [1.82, 2.24) is 5.32 Å². The SMILES string of the molecule is Cc1ccc(C)c(C(=O)NC(C(N)=S)C2CCCCC2)c1. The van der Waals surface area contributed by atoms with E-state index in [4.69, 9.17) is 18.0 Å². The Balaban J connectivity index is 2.14. The summed E-state index contributed by atoms with van der Waals surface area (Å²) in [7, 11) is 0. The second-order valence-electron chi connectivity index (χ2n) is 6.07. The molecule has 1 fully saturated rings. The molecule has 21 heavy (non-hydrogen) atoms. The van der Waals surface area contributed by atoms with Crippen LogP contribution in [0.15, 0.2) is 18.2 Å². The maximum atomic E-state index is 12.5. The van der Waals surface area contributed by atoms with E-state index in [1.54, 1.807) is 0 Å². The van der Waals surface area contributed by atoms with Gasteiger partial charge in [-0.25, -0.2) is 0 Å². The third-order valence-corrected chi connectivity index (χ3v) is 4.61. The van der Waals surface area contributed by atoms with Gasteiger partial charge in [0.25, 0.3) is 5.91 Å². The number of amides is 1. The molecule has 1 aromatic carbocycles. The molecule has 1 aromatic rings. The van der Waals surface area contributed by atoms with Crippen molar-refractivity contribution in [3.63, 3.8) is 0 Å². The minimum Gasteiger partial charge on any atom is -0.392 e. The summed E-state index contributed by atoms with van der Waals surface area (Å²) in [5, 5.41) is 3.07. The molecular weight excluding hydrogens is 280 g/mol. The Morgan fingerprint density at radius 2 is 1.95 bits per heavy atom. The van der Waals surface area contributed by atoms with Crippen LogP contribution in [0.25, 0.3) is 0 Å². The van der Waals surface area contributed by atoms with Gasteiger partial charge in [0.1, 0.15) is 0 Å². The predicted molar refractivity (Wildman–Crippen MR) is 90.5 cm³/mol. The van der Waals surface area contributed by atoms with Crippen LogP contribution >= 0.6 is 12.2 Å². The summed E-state index contributed by atoms with van der Waals surface area (Å²) < 4.78 is 0. The van der Waals surface area contributed by atoms with Crippen LogP contribution in [0.4, 0.5) is 0 Å². The number of hydrogen-bond donors (Lipinski definition) is 2. The van der Waals surface area contributed by atoms with Gasteiger partial charge in [0, 0.05) is 5.56 Å². The minimum absolute atomic E-state index is 0.0698. The molecule has 1 unspecified atom stereocenters. The fraction of sp³-hybridized carbons (Fsp3) is 0.529. The lowest BCUT2D eigenvalue weighted by Gasteiger charge is -2.30. The lowest BCUT2D eigenvalue weighted by atomic mass is 9.83. The highest BCUT2D eigenvalue weighted by Crippen LogP contribution is 2.27. The fourth-order valence-electron chi connectivity index (χ4n) is 3.09. The molecule has 3 nitrogen and oxygen atoms in total. The molecule has 0 aliphatic heterocycles. The highest BCUT2D eigenvalue weighted by molar-refractivity contribution is 7.80. The average molecular weight is 304 g/mol. The van der Waals surface area contributed by atoms with E-state index in [1.165, 1.54) is 19.3 Å². The van der Waals surface area contributed by atoms with Crippen molar-refractivity contribution in [2.45, 2.75) is 52.0 Å². The smallest absolute Gasteiger partial charge is 0.252 e. The zero-order chi connectivity index (χ0) is 15.4. The van der Waals surface area contributed by atoms with Crippen molar-refractivity contribution in [3.05, 3.63) is 34.9 Å². The number of nitrogens with one attached hydrogen (secondary N) is 1. The van der Waals surface area contributed by atoms with Crippen LogP contribution in [0, 0.1) is 19.8 Å². The molecule has 3 N–H and O–H groups in total. The number of hydrogen-bond acceptors (Lipinski definition) is 2. The monoisotopic (exact) mass is 304 g/mol. The molecule has 0 bridgehead atoms. The highest BCUT2D eigenvalue weighted by atomic mass is 32.1. The number of aryl methyl sites for hydroxylation is 2. The zero-order valence-electron chi connectivity index (χ0n) is 12.8. The number of nitrogens with two attached hydrogens (primary N) is 1. The third-order valence-electron chi connectivity index (χ3n) is 4.35. The predicted octanol–water partition coefficient (Wildman–Crippen LogP) is 3.27. The second-order valence-corrected chi connectivity index (χ2v) is 6.54. The van der Waals surface area contributed by atoms with Crippen LogP contribution in [0.5, 0.6) is 0 Å². The van der Waals surface area contributed by atoms with Gasteiger partial charge >= 0.3 is 0 Å². The summed E-state index contributed by atoms with van der Waals surface area (Å²) in [4.78, 5) is 13.0. The van der Waals surface area contributed by atoms with E-state index in [9.17, 15) is 4.79 Å². The van der Waals surface area contributed by atoms with Gasteiger partial charge < -0.3 is 11.1 Å². The van der Waals surface area contributed by atoms with Gasteiger partial charge in [-0.1, -0.05) is 49.2 Å². The molecule has 1 saturated carbocycles. The Kier molecular flexibility index (Phi) is 5.34. The van der Waals surface area contributed by atoms with E-state index in [0.717, 1.165) is 24.0 Å². The normalized spacial score (nSPS) is 17.2. The molecule has 1 aliphatic carbocycles. The first kappa shape index (κ1) is 16.0. The van der Waals surface area contributed by atoms with Crippen molar-refractivity contribution in [2.75, 3.05) is 0 Å². The standard InChI is InChI=1S/C17H24N2OS/c1-11-8-9-12(2)14(10-11)17(20)19-15(16(18)21)13-6-4-3-5-7-13/h8-10,13,15H,3-7H2,1-2H3,(H2,18,21)(H,19,20). The van der Waals surface area contributed by atoms with Crippen LogP contribution < -0.4 is 11.1 Å². The molecule has 4 heteroatoms. The fourth-order valence-corrected chi connectivity index (χ4v) is 3.34. The number of rotatable bonds is 4. The second kappa shape index (κ2) is 7.03. The van der Waals surface area contributed by atoms with Crippen LogP contribution in [0.1, 0.15) is 53.6 Å². The number of carbonyl (C=O) groups excluding carboxylic acids is 1. The van der Waals surface area contributed by atoms with Gasteiger partial charge in [-0.2, -0.15) is 0 Å². The molecule has 0 radical (unpaired) electrons. The van der Waals surface area contributed by atoms with Crippen LogP contribution in [-0.2, 0) is 0 Å². The third kappa shape index (κ3) is 4.03. The Morgan fingerprint density at radius 1 is 1.29 bits per heavy atom. The molecule has 0 heterocycles. The summed E-state index contributed by atoms with van der Waals surface area (Å²) in [6.45, 7) is 3.94. The lowest BCUT2D eigenvalue weighted by Crippen LogP contribution is -2.49. The summed E-state index contributed by atoms with van der Waals surface area (Å²) in [6, 6.07) is 5.72. The molecule has 0 aromatic heterocycles. The molecule has 1 amide bonds. The number of benzene rings is 1. The van der Waals surface area contributed by atoms with Crippen molar-refractivity contribution in [1.29, 1.82) is 0 Å². The highest BCUT2D eigenvalue weighted by Gasteiger charge is 2.27. The van der Waals surface area contributed by atoms with E-state index in [2.05, 4.69) is 5.32 Å². The summed E-state index contributed by atoms with van der Waals surface area (Å²) in [6.07, 6.45) is 5.85. The van der Waals surface area contributed by atoms with Gasteiger partial charge in [0.15, 0.2) is 0 Å². The molecule has 1 atom stereocenters. The number of carbonyl (C=O) groups is 1. The Bertz CT molecular complexity index is 536. The van der Waals surface area contributed by atoms with Gasteiger partial charge in [-0.15, -0.1) is 0 Å². The maximum Gasteiger partial charge on any atom is 0.252 e. The van der Waals surface area contributed by atoms with E-state index < -0.39 is 0 Å². The Hall–Kier alpha value is -1.42. The van der Waals surface area contributed by atoms with Gasteiger partial charge in [0.05, 0.1) is 11.0 Å². The zero-order valence-corrected chi connectivity index (χ0v) is 13.6. The van der Waals surface area contributed by atoms with Crippen molar-refractivity contribution >= 4 is 23.1 Å². The first-order valence-corrected chi connectivity index (χ1v) is 8.07. The summed E-state index contributed by atoms with van der Waals surface area (Å²) in [5.41, 5.74) is 8.65. The van der Waals surface area contributed by atoms with E-state index >= 15 is 0 Å². The molecule has 0 saturated heterocycles. The molecular formula is C17H24N2OS. The minimum atomic E-state index is -0.187. The Morgan fingerprint density at radius 3 is 2.57 bits per heavy atom.